The van der Waals surface area contributed by atoms with Gasteiger partial charge in [0, 0.05) is 39.8 Å². The molecule has 0 aromatic carbocycles. The fourth-order valence-electron chi connectivity index (χ4n) is 2.53. The summed E-state index contributed by atoms with van der Waals surface area (Å²) < 4.78 is 10.9. The Morgan fingerprint density at radius 1 is 0.724 bits per heavy atom. The van der Waals surface area contributed by atoms with Crippen molar-refractivity contribution in [2.24, 2.45) is 0 Å². The summed E-state index contributed by atoms with van der Waals surface area (Å²) in [4.78, 5) is 30.0. The number of aliphatic hydroxyl groups excluding tert-OH is 1. The molecule has 0 aliphatic rings. The van der Waals surface area contributed by atoms with Crippen LogP contribution in [0.5, 0.6) is 0 Å². The zero-order valence-corrected chi connectivity index (χ0v) is 19.8. The Labute approximate surface area is 177 Å². The Balaban J connectivity index is 4.62. The molecule has 8 heteroatoms. The second-order valence-corrected chi connectivity index (χ2v) is 9.46. The average Bonchev–Trinajstić information content (AvgIpc) is 2.55. The van der Waals surface area contributed by atoms with Crippen LogP contribution >= 0.6 is 0 Å². The third-order valence-electron chi connectivity index (χ3n) is 3.94. The molecule has 0 spiro atoms. The number of nitrogens with zero attached hydrogens (tertiary/aromatic N) is 3. The highest BCUT2D eigenvalue weighted by Crippen LogP contribution is 2.12. The minimum atomic E-state index is -0.555. The third-order valence-corrected chi connectivity index (χ3v) is 3.94. The Morgan fingerprint density at radius 2 is 1.17 bits per heavy atom. The molecule has 29 heavy (non-hydrogen) atoms. The molecule has 0 saturated carbocycles. The monoisotopic (exact) mass is 417 g/mol. The predicted octanol–water partition coefficient (Wildman–Crippen LogP) is 3.18. The van der Waals surface area contributed by atoms with Crippen LogP contribution in [0, 0.1) is 0 Å². The molecule has 8 nitrogen and oxygen atoms in total. The molecule has 0 atom stereocenters. The zero-order valence-electron chi connectivity index (χ0n) is 19.8. The molecule has 0 unspecified atom stereocenters. The van der Waals surface area contributed by atoms with E-state index in [1.807, 2.05) is 48.6 Å². The number of aliphatic hydroxyl groups is 1. The van der Waals surface area contributed by atoms with Gasteiger partial charge in [-0.05, 0) is 74.4 Å². The highest BCUT2D eigenvalue weighted by Gasteiger charge is 2.23. The molecule has 2 amide bonds. The summed E-state index contributed by atoms with van der Waals surface area (Å²) in [6.07, 6.45) is 1.48. The molecule has 0 aromatic rings. The van der Waals surface area contributed by atoms with E-state index in [1.54, 1.807) is 11.9 Å². The van der Waals surface area contributed by atoms with E-state index in [0.717, 1.165) is 25.9 Å². The molecule has 0 aliphatic heterocycles. The summed E-state index contributed by atoms with van der Waals surface area (Å²) >= 11 is 0. The lowest BCUT2D eigenvalue weighted by Gasteiger charge is -2.29. The maximum Gasteiger partial charge on any atom is 0.410 e. The summed E-state index contributed by atoms with van der Waals surface area (Å²) in [6, 6.07) is 0. The third kappa shape index (κ3) is 15.0. The van der Waals surface area contributed by atoms with Gasteiger partial charge in [-0.15, -0.1) is 0 Å². The Kier molecular flexibility index (Phi) is 12.2. The van der Waals surface area contributed by atoms with E-state index < -0.39 is 11.2 Å². The van der Waals surface area contributed by atoms with Gasteiger partial charge in [0.2, 0.25) is 0 Å². The molecule has 0 aliphatic carbocycles. The summed E-state index contributed by atoms with van der Waals surface area (Å²) in [5.74, 6) is 0. The van der Waals surface area contributed by atoms with Gasteiger partial charge in [-0.1, -0.05) is 0 Å². The van der Waals surface area contributed by atoms with Crippen molar-refractivity contribution in [1.29, 1.82) is 0 Å². The van der Waals surface area contributed by atoms with Gasteiger partial charge in [0.1, 0.15) is 11.2 Å². The van der Waals surface area contributed by atoms with Crippen LogP contribution in [0.2, 0.25) is 0 Å². The number of ether oxygens (including phenoxy) is 2. The van der Waals surface area contributed by atoms with Crippen LogP contribution in [-0.4, -0.2) is 96.6 Å². The number of hydrogen-bond donors (Lipinski definition) is 1. The Hall–Kier alpha value is -1.54. The van der Waals surface area contributed by atoms with Gasteiger partial charge in [0.25, 0.3) is 0 Å². The van der Waals surface area contributed by atoms with Crippen molar-refractivity contribution in [1.82, 2.24) is 14.7 Å². The molecular formula is C21H43N3O5. The Bertz CT molecular complexity index is 486. The summed E-state index contributed by atoms with van der Waals surface area (Å²) in [5.41, 5.74) is -1.09. The second-order valence-electron chi connectivity index (χ2n) is 9.46. The normalized spacial score (nSPS) is 12.1. The van der Waals surface area contributed by atoms with E-state index in [1.165, 1.54) is 4.90 Å². The molecule has 0 bridgehead atoms. The minimum Gasteiger partial charge on any atom is -0.444 e. The molecular weight excluding hydrogens is 374 g/mol. The standard InChI is InChI=1S/C21H43N3O5/c1-20(2,3)28-18(26)23(8)14-10-16-24(19(27)29-21(4,5)6)15-9-12-22(7)13-11-17-25/h25H,9-17H2,1-8H3. The van der Waals surface area contributed by atoms with Crippen molar-refractivity contribution >= 4 is 12.2 Å². The summed E-state index contributed by atoms with van der Waals surface area (Å²) in [5, 5.41) is 8.92. The van der Waals surface area contributed by atoms with Crippen molar-refractivity contribution in [3.05, 3.63) is 0 Å². The van der Waals surface area contributed by atoms with Crippen molar-refractivity contribution in [2.75, 3.05) is 53.4 Å². The van der Waals surface area contributed by atoms with Gasteiger partial charge >= 0.3 is 12.2 Å². The van der Waals surface area contributed by atoms with Crippen LogP contribution in [-0.2, 0) is 9.47 Å². The van der Waals surface area contributed by atoms with Crippen molar-refractivity contribution in [3.8, 4) is 0 Å². The number of hydrogen-bond acceptors (Lipinski definition) is 6. The average molecular weight is 418 g/mol. The maximum absolute atomic E-state index is 12.6. The van der Waals surface area contributed by atoms with Gasteiger partial charge < -0.3 is 29.3 Å². The van der Waals surface area contributed by atoms with Crippen LogP contribution < -0.4 is 0 Å². The molecule has 0 saturated heterocycles. The van der Waals surface area contributed by atoms with Gasteiger partial charge in [0.05, 0.1) is 0 Å². The number of amides is 2. The van der Waals surface area contributed by atoms with Gasteiger partial charge in [-0.3, -0.25) is 0 Å². The van der Waals surface area contributed by atoms with Crippen molar-refractivity contribution in [2.45, 2.75) is 72.0 Å². The first-order valence-corrected chi connectivity index (χ1v) is 10.5. The highest BCUT2D eigenvalue weighted by molar-refractivity contribution is 5.68. The number of rotatable bonds is 11. The molecule has 0 rings (SSSR count). The quantitative estimate of drug-likeness (QED) is 0.556. The fourth-order valence-corrected chi connectivity index (χ4v) is 2.53. The zero-order chi connectivity index (χ0) is 22.7. The smallest absolute Gasteiger partial charge is 0.410 e. The predicted molar refractivity (Wildman–Crippen MR) is 115 cm³/mol. The Morgan fingerprint density at radius 3 is 1.66 bits per heavy atom. The van der Waals surface area contributed by atoms with E-state index in [9.17, 15) is 9.59 Å². The number of carbonyl (C=O) groups is 2. The van der Waals surface area contributed by atoms with Crippen LogP contribution in [0.4, 0.5) is 9.59 Å². The first kappa shape index (κ1) is 27.5. The molecule has 0 radical (unpaired) electrons. The lowest BCUT2D eigenvalue weighted by molar-refractivity contribution is 0.0221. The van der Waals surface area contributed by atoms with E-state index >= 15 is 0 Å². The lowest BCUT2D eigenvalue weighted by Crippen LogP contribution is -2.40. The van der Waals surface area contributed by atoms with Crippen LogP contribution in [0.15, 0.2) is 0 Å². The molecule has 172 valence electrons. The first-order chi connectivity index (χ1) is 13.2. The summed E-state index contributed by atoms with van der Waals surface area (Å²) in [6.45, 7) is 14.5. The highest BCUT2D eigenvalue weighted by atomic mass is 16.6. The molecule has 0 heterocycles. The molecule has 1 N–H and O–H groups in total. The maximum atomic E-state index is 12.6. The van der Waals surface area contributed by atoms with E-state index in [-0.39, 0.29) is 18.8 Å². The number of carbonyl (C=O) groups excluding carboxylic acids is 2. The van der Waals surface area contributed by atoms with Gasteiger partial charge in [-0.25, -0.2) is 9.59 Å². The van der Waals surface area contributed by atoms with Gasteiger partial charge in [0.15, 0.2) is 0 Å². The second kappa shape index (κ2) is 12.9. The van der Waals surface area contributed by atoms with Crippen LogP contribution in [0.3, 0.4) is 0 Å². The van der Waals surface area contributed by atoms with Gasteiger partial charge in [-0.2, -0.15) is 0 Å². The van der Waals surface area contributed by atoms with E-state index in [2.05, 4.69) is 4.90 Å². The largest absolute Gasteiger partial charge is 0.444 e. The van der Waals surface area contributed by atoms with E-state index in [0.29, 0.717) is 26.1 Å². The van der Waals surface area contributed by atoms with E-state index in [4.69, 9.17) is 14.6 Å². The van der Waals surface area contributed by atoms with Crippen molar-refractivity contribution < 1.29 is 24.2 Å². The summed E-state index contributed by atoms with van der Waals surface area (Å²) in [7, 11) is 3.70. The van der Waals surface area contributed by atoms with Crippen LogP contribution in [0.1, 0.15) is 60.8 Å². The SMILES string of the molecule is CN(CCCO)CCCN(CCCN(C)C(=O)OC(C)(C)C)C(=O)OC(C)(C)C. The lowest BCUT2D eigenvalue weighted by atomic mass is 10.2. The minimum absolute atomic E-state index is 0.180. The topological polar surface area (TPSA) is 82.5 Å². The van der Waals surface area contributed by atoms with Crippen LogP contribution in [0.25, 0.3) is 0 Å². The first-order valence-electron chi connectivity index (χ1n) is 10.5. The molecule has 0 aromatic heterocycles. The molecule has 0 fully saturated rings. The fraction of sp³-hybridized carbons (Fsp3) is 0.905. The van der Waals surface area contributed by atoms with Crippen molar-refractivity contribution in [3.63, 3.8) is 0 Å².